The van der Waals surface area contributed by atoms with E-state index in [0.717, 1.165) is 5.69 Å². The quantitative estimate of drug-likeness (QED) is 0.393. The second kappa shape index (κ2) is 10.9. The van der Waals surface area contributed by atoms with Crippen molar-refractivity contribution in [1.29, 1.82) is 0 Å². The van der Waals surface area contributed by atoms with E-state index in [9.17, 15) is 4.57 Å². The van der Waals surface area contributed by atoms with Gasteiger partial charge in [-0.2, -0.15) is 0 Å². The van der Waals surface area contributed by atoms with Crippen molar-refractivity contribution in [1.82, 2.24) is 15.0 Å². The summed E-state index contributed by atoms with van der Waals surface area (Å²) in [5.74, 6) is 0. The fraction of sp³-hybridized carbons (Fsp3) is 0.600. The van der Waals surface area contributed by atoms with Crippen LogP contribution in [0.1, 0.15) is 34.9 Å². The lowest BCUT2D eigenvalue weighted by atomic mass is 10.0. The maximum atomic E-state index is 11.9. The molecule has 1 heterocycles. The molecule has 0 bridgehead atoms. The van der Waals surface area contributed by atoms with Gasteiger partial charge < -0.3 is 14.0 Å². The number of aryl methyl sites for hydroxylation is 2. The third-order valence-electron chi connectivity index (χ3n) is 4.58. The van der Waals surface area contributed by atoms with Gasteiger partial charge >= 0.3 is 0 Å². The molecule has 2 rings (SSSR count). The van der Waals surface area contributed by atoms with Crippen LogP contribution in [0.4, 0.5) is 0 Å². The van der Waals surface area contributed by atoms with Gasteiger partial charge in [-0.1, -0.05) is 17.3 Å². The van der Waals surface area contributed by atoms with Crippen LogP contribution in [0.25, 0.3) is 0 Å². The lowest BCUT2D eigenvalue weighted by Crippen LogP contribution is -2.08. The Labute approximate surface area is 167 Å². The van der Waals surface area contributed by atoms with Crippen molar-refractivity contribution in [2.45, 2.75) is 40.8 Å². The molecule has 7 nitrogen and oxygen atoms in total. The topological polar surface area (TPSA) is 75.5 Å². The highest BCUT2D eigenvalue weighted by atomic mass is 31.2. The minimum absolute atomic E-state index is 0.389. The molecule has 8 heteroatoms. The van der Waals surface area contributed by atoms with Crippen LogP contribution in [-0.2, 0) is 31.7 Å². The molecule has 0 radical (unpaired) electrons. The van der Waals surface area contributed by atoms with E-state index in [4.69, 9.17) is 14.0 Å². The zero-order valence-electron chi connectivity index (χ0n) is 17.6. The van der Waals surface area contributed by atoms with Crippen molar-refractivity contribution >= 4 is 7.37 Å². The summed E-state index contributed by atoms with van der Waals surface area (Å²) >= 11 is 0. The molecule has 1 aromatic carbocycles. The van der Waals surface area contributed by atoms with Gasteiger partial charge in [-0.05, 0) is 49.9 Å². The molecular weight excluding hydrogens is 377 g/mol. The SMILES string of the molecule is CCOP(C)(=O)CCOCCOCc1cn(Cc2cc(C)c(C)c(C)c2)nn1. The van der Waals surface area contributed by atoms with Gasteiger partial charge in [0.1, 0.15) is 5.69 Å². The molecule has 2 aromatic rings. The number of rotatable bonds is 12. The van der Waals surface area contributed by atoms with Gasteiger partial charge in [0, 0.05) is 12.8 Å². The van der Waals surface area contributed by atoms with Crippen molar-refractivity contribution in [3.63, 3.8) is 0 Å². The van der Waals surface area contributed by atoms with Crippen LogP contribution in [0.3, 0.4) is 0 Å². The molecule has 0 N–H and O–H groups in total. The smallest absolute Gasteiger partial charge is 0.202 e. The molecule has 0 aliphatic rings. The first-order valence-electron chi connectivity index (χ1n) is 9.63. The normalized spacial score (nSPS) is 13.6. The molecule has 0 saturated carbocycles. The molecule has 0 saturated heterocycles. The molecule has 1 aromatic heterocycles. The van der Waals surface area contributed by atoms with Crippen molar-refractivity contribution in [3.05, 3.63) is 46.3 Å². The van der Waals surface area contributed by atoms with Crippen LogP contribution in [0.5, 0.6) is 0 Å². The average molecular weight is 409 g/mol. The first-order valence-corrected chi connectivity index (χ1v) is 11.9. The lowest BCUT2D eigenvalue weighted by molar-refractivity contribution is 0.0441. The molecule has 0 amide bonds. The number of ether oxygens (including phenoxy) is 2. The molecular formula is C20H32N3O4P. The van der Waals surface area contributed by atoms with Gasteiger partial charge in [0.2, 0.25) is 7.37 Å². The molecule has 28 heavy (non-hydrogen) atoms. The van der Waals surface area contributed by atoms with Crippen molar-refractivity contribution in [2.24, 2.45) is 0 Å². The fourth-order valence-electron chi connectivity index (χ4n) is 2.85. The van der Waals surface area contributed by atoms with E-state index < -0.39 is 7.37 Å². The van der Waals surface area contributed by atoms with Gasteiger partial charge in [-0.25, -0.2) is 4.68 Å². The van der Waals surface area contributed by atoms with Gasteiger partial charge in [0.15, 0.2) is 0 Å². The Bertz CT molecular complexity index is 783. The maximum Gasteiger partial charge on any atom is 0.202 e. The number of benzene rings is 1. The Morgan fingerprint density at radius 1 is 1.07 bits per heavy atom. The standard InChI is InChI=1S/C20H32N3O4P/c1-6-27-28(5,24)10-9-25-7-8-26-15-20-14-23(22-21-20)13-19-11-16(2)18(4)17(3)12-19/h11-12,14H,6-10,13,15H2,1-5H3. The highest BCUT2D eigenvalue weighted by Gasteiger charge is 2.14. The van der Waals surface area contributed by atoms with Gasteiger partial charge in [0.25, 0.3) is 0 Å². The monoisotopic (exact) mass is 409 g/mol. The van der Waals surface area contributed by atoms with E-state index in [2.05, 4.69) is 43.2 Å². The number of aromatic nitrogens is 3. The van der Waals surface area contributed by atoms with Gasteiger partial charge in [0.05, 0.1) is 45.8 Å². The summed E-state index contributed by atoms with van der Waals surface area (Å²) in [6.07, 6.45) is 2.33. The predicted octanol–water partition coefficient (Wildman–Crippen LogP) is 3.73. The van der Waals surface area contributed by atoms with Crippen LogP contribution < -0.4 is 0 Å². The van der Waals surface area contributed by atoms with E-state index >= 15 is 0 Å². The van der Waals surface area contributed by atoms with E-state index in [1.165, 1.54) is 22.3 Å². The Hall–Kier alpha value is -1.53. The number of hydrogen-bond acceptors (Lipinski definition) is 6. The Balaban J connectivity index is 1.67. The highest BCUT2D eigenvalue weighted by Crippen LogP contribution is 2.41. The van der Waals surface area contributed by atoms with Crippen LogP contribution in [-0.4, -0.2) is 54.2 Å². The second-order valence-electron chi connectivity index (χ2n) is 7.08. The molecule has 0 aliphatic heterocycles. The summed E-state index contributed by atoms with van der Waals surface area (Å²) in [4.78, 5) is 0. The van der Waals surface area contributed by atoms with E-state index in [-0.39, 0.29) is 0 Å². The first-order chi connectivity index (χ1) is 13.3. The second-order valence-corrected chi connectivity index (χ2v) is 9.82. The maximum absolute atomic E-state index is 11.9. The summed E-state index contributed by atoms with van der Waals surface area (Å²) in [6, 6.07) is 4.39. The van der Waals surface area contributed by atoms with Gasteiger partial charge in [-0.15, -0.1) is 5.10 Å². The van der Waals surface area contributed by atoms with Crippen LogP contribution in [0.15, 0.2) is 18.3 Å². The molecule has 0 aliphatic carbocycles. The van der Waals surface area contributed by atoms with Crippen LogP contribution in [0.2, 0.25) is 0 Å². The summed E-state index contributed by atoms with van der Waals surface area (Å²) in [5, 5.41) is 8.33. The third kappa shape index (κ3) is 7.47. The Morgan fingerprint density at radius 3 is 2.43 bits per heavy atom. The highest BCUT2D eigenvalue weighted by molar-refractivity contribution is 7.58. The van der Waals surface area contributed by atoms with E-state index in [1.807, 2.05) is 17.8 Å². The van der Waals surface area contributed by atoms with E-state index in [0.29, 0.717) is 45.7 Å². The average Bonchev–Trinajstić information content (AvgIpc) is 3.06. The molecule has 0 spiro atoms. The fourth-order valence-corrected chi connectivity index (χ4v) is 3.99. The van der Waals surface area contributed by atoms with Gasteiger partial charge in [-0.3, -0.25) is 4.57 Å². The third-order valence-corrected chi connectivity index (χ3v) is 6.38. The van der Waals surface area contributed by atoms with Crippen molar-refractivity contribution in [3.8, 4) is 0 Å². The lowest BCUT2D eigenvalue weighted by Gasteiger charge is -2.12. The number of nitrogens with zero attached hydrogens (tertiary/aromatic N) is 3. The molecule has 0 fully saturated rings. The predicted molar refractivity (Wildman–Crippen MR) is 110 cm³/mol. The first kappa shape index (κ1) is 22.8. The molecule has 1 atom stereocenters. The molecule has 156 valence electrons. The van der Waals surface area contributed by atoms with Crippen LogP contribution >= 0.6 is 7.37 Å². The largest absolute Gasteiger partial charge is 0.378 e. The Kier molecular flexibility index (Phi) is 8.83. The molecule has 1 unspecified atom stereocenters. The van der Waals surface area contributed by atoms with E-state index in [1.54, 1.807) is 6.66 Å². The van der Waals surface area contributed by atoms with Crippen LogP contribution in [0, 0.1) is 20.8 Å². The Morgan fingerprint density at radius 2 is 1.75 bits per heavy atom. The summed E-state index contributed by atoms with van der Waals surface area (Å²) in [6.45, 7) is 12.7. The number of hydrogen-bond donors (Lipinski definition) is 0. The van der Waals surface area contributed by atoms with Crippen molar-refractivity contribution < 1.29 is 18.6 Å². The zero-order chi connectivity index (χ0) is 20.6. The summed E-state index contributed by atoms with van der Waals surface area (Å²) in [5.41, 5.74) is 5.92. The summed E-state index contributed by atoms with van der Waals surface area (Å²) in [7, 11) is -2.52. The summed E-state index contributed by atoms with van der Waals surface area (Å²) < 4.78 is 30.0. The zero-order valence-corrected chi connectivity index (χ0v) is 18.5. The minimum Gasteiger partial charge on any atom is -0.378 e. The van der Waals surface area contributed by atoms with Crippen molar-refractivity contribution in [2.75, 3.05) is 39.3 Å². The minimum atomic E-state index is -2.52.